The molecule has 7 nitrogen and oxygen atoms in total. The van der Waals surface area contributed by atoms with Gasteiger partial charge in [-0.2, -0.15) is 5.10 Å². The fourth-order valence-corrected chi connectivity index (χ4v) is 7.49. The molecule has 1 aliphatic carbocycles. The maximum atomic E-state index is 13.2. The number of fused-ring (bicyclic) bond motifs is 2. The number of nitrogens with one attached hydrogen (secondary N) is 2. The van der Waals surface area contributed by atoms with Crippen molar-refractivity contribution in [3.63, 3.8) is 0 Å². The van der Waals surface area contributed by atoms with Crippen LogP contribution >= 0.6 is 0 Å². The number of rotatable bonds is 7. The molecule has 2 unspecified atom stereocenters. The molecule has 2 saturated heterocycles. The Morgan fingerprint density at radius 3 is 2.14 bits per heavy atom. The summed E-state index contributed by atoms with van der Waals surface area (Å²) in [5.74, 6) is 2.28. The van der Waals surface area contributed by atoms with Crippen molar-refractivity contribution in [1.29, 1.82) is 0 Å². The number of benzene rings is 2. The first-order chi connectivity index (χ1) is 20.6. The van der Waals surface area contributed by atoms with Crippen LogP contribution in [0.1, 0.15) is 95.4 Å². The molecule has 1 aromatic heterocycles. The second-order valence-corrected chi connectivity index (χ2v) is 14.3. The van der Waals surface area contributed by atoms with Crippen molar-refractivity contribution in [3.05, 3.63) is 71.4 Å². The number of urea groups is 1. The molecule has 2 aliphatic heterocycles. The number of anilines is 2. The van der Waals surface area contributed by atoms with Gasteiger partial charge in [-0.05, 0) is 93.5 Å². The maximum Gasteiger partial charge on any atom is 0.324 e. The summed E-state index contributed by atoms with van der Waals surface area (Å²) in [7, 11) is 0. The van der Waals surface area contributed by atoms with Crippen LogP contribution in [-0.2, 0) is 16.6 Å². The number of aromatic nitrogens is 2. The molecular formula is C36H47N5O2. The van der Waals surface area contributed by atoms with Crippen molar-refractivity contribution in [3.8, 4) is 5.69 Å². The molecule has 0 spiro atoms. The van der Waals surface area contributed by atoms with Crippen LogP contribution in [0.5, 0.6) is 0 Å². The van der Waals surface area contributed by atoms with Crippen molar-refractivity contribution >= 4 is 23.4 Å². The van der Waals surface area contributed by atoms with Gasteiger partial charge in [-0.25, -0.2) is 9.48 Å². The van der Waals surface area contributed by atoms with Gasteiger partial charge in [0.05, 0.1) is 11.4 Å². The van der Waals surface area contributed by atoms with Gasteiger partial charge in [-0.3, -0.25) is 10.1 Å². The van der Waals surface area contributed by atoms with Crippen LogP contribution in [-0.4, -0.2) is 38.7 Å². The molecule has 7 heteroatoms. The molecule has 3 heterocycles. The Morgan fingerprint density at radius 2 is 1.51 bits per heavy atom. The molecule has 6 rings (SSSR count). The molecule has 2 N–H and O–H groups in total. The van der Waals surface area contributed by atoms with Crippen molar-refractivity contribution in [2.24, 2.45) is 11.8 Å². The summed E-state index contributed by atoms with van der Waals surface area (Å²) in [5, 5.41) is 10.8. The molecule has 0 radical (unpaired) electrons. The summed E-state index contributed by atoms with van der Waals surface area (Å²) in [6.07, 6.45) is 11.4. The fourth-order valence-electron chi connectivity index (χ4n) is 7.49. The van der Waals surface area contributed by atoms with Gasteiger partial charge in [-0.15, -0.1) is 0 Å². The summed E-state index contributed by atoms with van der Waals surface area (Å²) >= 11 is 0. The zero-order chi connectivity index (χ0) is 30.1. The first-order valence-electron chi connectivity index (χ1n) is 16.3. The summed E-state index contributed by atoms with van der Waals surface area (Å²) in [6, 6.07) is 18.9. The third-order valence-electron chi connectivity index (χ3n) is 9.79. The predicted octanol–water partition coefficient (Wildman–Crippen LogP) is 8.01. The van der Waals surface area contributed by atoms with Gasteiger partial charge < -0.3 is 10.2 Å². The van der Waals surface area contributed by atoms with E-state index in [-0.39, 0.29) is 11.4 Å². The van der Waals surface area contributed by atoms with E-state index in [2.05, 4.69) is 55.4 Å². The number of carbonyl (C=O) groups is 2. The lowest BCUT2D eigenvalue weighted by molar-refractivity contribution is -0.137. The monoisotopic (exact) mass is 581 g/mol. The van der Waals surface area contributed by atoms with Gasteiger partial charge in [0, 0.05) is 35.7 Å². The number of nitrogens with zero attached hydrogens (tertiary/aromatic N) is 3. The minimum atomic E-state index is -0.298. The van der Waals surface area contributed by atoms with Crippen molar-refractivity contribution < 1.29 is 9.59 Å². The van der Waals surface area contributed by atoms with Crippen LogP contribution in [0, 0.1) is 18.8 Å². The van der Waals surface area contributed by atoms with E-state index < -0.39 is 0 Å². The molecule has 2 bridgehead atoms. The molecular weight excluding hydrogens is 534 g/mol. The SMILES string of the molecule is Cc1ccc(-n2nc(C(C)(C)C)cc2NC(=O)Nc2ccc(CC3CC4CCC(C3)N4C(=O)CC3CCCC3)cc2)cc1. The Morgan fingerprint density at radius 1 is 0.860 bits per heavy atom. The quantitative estimate of drug-likeness (QED) is 0.297. The Kier molecular flexibility index (Phi) is 8.34. The molecule has 43 heavy (non-hydrogen) atoms. The number of amides is 3. The normalized spacial score (nSPS) is 22.1. The lowest BCUT2D eigenvalue weighted by atomic mass is 9.85. The molecule has 3 fully saturated rings. The van der Waals surface area contributed by atoms with Gasteiger partial charge in [0.25, 0.3) is 0 Å². The van der Waals surface area contributed by atoms with Crippen LogP contribution < -0.4 is 10.6 Å². The van der Waals surface area contributed by atoms with E-state index in [1.165, 1.54) is 36.8 Å². The number of aryl methyl sites for hydroxylation is 1. The average molecular weight is 582 g/mol. The van der Waals surface area contributed by atoms with Gasteiger partial charge in [0.15, 0.2) is 0 Å². The van der Waals surface area contributed by atoms with E-state index in [0.717, 1.165) is 55.6 Å². The third-order valence-corrected chi connectivity index (χ3v) is 9.79. The molecule has 2 aromatic carbocycles. The fraction of sp³-hybridized carbons (Fsp3) is 0.528. The van der Waals surface area contributed by atoms with Crippen LogP contribution in [0.3, 0.4) is 0 Å². The van der Waals surface area contributed by atoms with E-state index in [1.807, 2.05) is 42.5 Å². The molecule has 2 atom stereocenters. The van der Waals surface area contributed by atoms with Crippen molar-refractivity contribution in [2.45, 2.75) is 109 Å². The van der Waals surface area contributed by atoms with Crippen LogP contribution in [0.4, 0.5) is 16.3 Å². The Bertz CT molecular complexity index is 1420. The van der Waals surface area contributed by atoms with Crippen LogP contribution in [0.25, 0.3) is 5.69 Å². The number of piperidine rings is 1. The van der Waals surface area contributed by atoms with E-state index >= 15 is 0 Å². The average Bonchev–Trinajstić information content (AvgIpc) is 3.69. The first-order valence-corrected chi connectivity index (χ1v) is 16.3. The largest absolute Gasteiger partial charge is 0.337 e. The number of hydrogen-bond donors (Lipinski definition) is 2. The highest BCUT2D eigenvalue weighted by atomic mass is 16.2. The highest BCUT2D eigenvalue weighted by Gasteiger charge is 2.43. The first kappa shape index (κ1) is 29.5. The summed E-state index contributed by atoms with van der Waals surface area (Å²) < 4.78 is 1.80. The van der Waals surface area contributed by atoms with Crippen LogP contribution in [0.15, 0.2) is 54.6 Å². The molecule has 3 amide bonds. The van der Waals surface area contributed by atoms with Crippen molar-refractivity contribution in [1.82, 2.24) is 14.7 Å². The minimum absolute atomic E-state index is 0.153. The van der Waals surface area contributed by atoms with E-state index in [9.17, 15) is 9.59 Å². The van der Waals surface area contributed by atoms with Crippen LogP contribution in [0.2, 0.25) is 0 Å². The highest BCUT2D eigenvalue weighted by molar-refractivity contribution is 5.99. The van der Waals surface area contributed by atoms with Gasteiger partial charge in [-0.1, -0.05) is 63.4 Å². The summed E-state index contributed by atoms with van der Waals surface area (Å²) in [5.41, 5.74) is 4.87. The third kappa shape index (κ3) is 6.81. The van der Waals surface area contributed by atoms with Gasteiger partial charge >= 0.3 is 6.03 Å². The van der Waals surface area contributed by atoms with Gasteiger partial charge in [0.1, 0.15) is 5.82 Å². The van der Waals surface area contributed by atoms with E-state index in [0.29, 0.717) is 35.6 Å². The lowest BCUT2D eigenvalue weighted by Gasteiger charge is -2.39. The highest BCUT2D eigenvalue weighted by Crippen LogP contribution is 2.41. The second-order valence-electron chi connectivity index (χ2n) is 14.3. The second kappa shape index (κ2) is 12.2. The topological polar surface area (TPSA) is 79.3 Å². The van der Waals surface area contributed by atoms with E-state index in [4.69, 9.17) is 5.10 Å². The lowest BCUT2D eigenvalue weighted by Crippen LogP contribution is -2.47. The molecule has 3 aliphatic rings. The molecule has 3 aromatic rings. The maximum absolute atomic E-state index is 13.2. The zero-order valence-electron chi connectivity index (χ0n) is 26.2. The Balaban J connectivity index is 1.05. The van der Waals surface area contributed by atoms with Crippen molar-refractivity contribution in [2.75, 3.05) is 10.6 Å². The number of hydrogen-bond acceptors (Lipinski definition) is 3. The standard InChI is InChI=1S/C36H47N5O2/c1-24-9-15-29(16-10-24)41-33(23-32(39-41)36(2,3)4)38-35(43)37-28-13-11-26(12-14-28)19-27-20-30-17-18-31(21-27)40(30)34(42)22-25-7-5-6-8-25/h9-16,23,25,27,30-31H,5-8,17-22H2,1-4H3,(H2,37,38,43). The predicted molar refractivity (Wildman–Crippen MR) is 173 cm³/mol. The van der Waals surface area contributed by atoms with Gasteiger partial charge in [0.2, 0.25) is 5.91 Å². The number of carbonyl (C=O) groups excluding carboxylic acids is 2. The van der Waals surface area contributed by atoms with E-state index in [1.54, 1.807) is 4.68 Å². The summed E-state index contributed by atoms with van der Waals surface area (Å²) in [6.45, 7) is 8.40. The smallest absolute Gasteiger partial charge is 0.324 e. The minimum Gasteiger partial charge on any atom is -0.337 e. The Labute approximate surface area is 256 Å². The zero-order valence-corrected chi connectivity index (χ0v) is 26.2. The summed E-state index contributed by atoms with van der Waals surface area (Å²) in [4.78, 5) is 28.5. The Hall–Kier alpha value is -3.61. The molecule has 228 valence electrons. The molecule has 1 saturated carbocycles.